The van der Waals surface area contributed by atoms with Crippen LogP contribution in [0, 0.1) is 6.92 Å². The predicted octanol–water partition coefficient (Wildman–Crippen LogP) is 4.69. The zero-order valence-corrected chi connectivity index (χ0v) is 17.2. The van der Waals surface area contributed by atoms with Crippen LogP contribution in [0.2, 0.25) is 0 Å². The molecule has 0 fully saturated rings. The summed E-state index contributed by atoms with van der Waals surface area (Å²) < 4.78 is 1.73. The molecule has 5 nitrogen and oxygen atoms in total. The molecular formula is C23H28N4O. The van der Waals surface area contributed by atoms with E-state index in [2.05, 4.69) is 5.10 Å². The highest BCUT2D eigenvalue weighted by Crippen LogP contribution is 2.34. The number of benzene rings is 2. The Labute approximate surface area is 166 Å². The molecule has 0 spiro atoms. The summed E-state index contributed by atoms with van der Waals surface area (Å²) in [6.45, 7) is 10.1. The van der Waals surface area contributed by atoms with Crippen LogP contribution in [-0.4, -0.2) is 32.7 Å². The van der Waals surface area contributed by atoms with Gasteiger partial charge in [0.1, 0.15) is 5.82 Å². The molecule has 5 heteroatoms. The van der Waals surface area contributed by atoms with Crippen molar-refractivity contribution >= 4 is 11.7 Å². The molecule has 3 rings (SSSR count). The second kappa shape index (κ2) is 7.89. The van der Waals surface area contributed by atoms with Crippen molar-refractivity contribution in [1.82, 2.24) is 14.7 Å². The summed E-state index contributed by atoms with van der Waals surface area (Å²) in [4.78, 5) is 15.3. The third kappa shape index (κ3) is 3.52. The zero-order chi connectivity index (χ0) is 20.4. The van der Waals surface area contributed by atoms with Gasteiger partial charge in [-0.05, 0) is 58.4 Å². The monoisotopic (exact) mass is 376 g/mol. The fraction of sp³-hybridized carbons (Fsp3) is 0.304. The molecular weight excluding hydrogens is 348 g/mol. The van der Waals surface area contributed by atoms with Gasteiger partial charge >= 0.3 is 0 Å². The first-order valence-electron chi connectivity index (χ1n) is 9.65. The third-order valence-corrected chi connectivity index (χ3v) is 4.87. The molecule has 0 bridgehead atoms. The lowest BCUT2D eigenvalue weighted by molar-refractivity contribution is 0.0644. The number of anilines is 1. The maximum absolute atomic E-state index is 13.4. The third-order valence-electron chi connectivity index (χ3n) is 4.87. The first-order valence-corrected chi connectivity index (χ1v) is 9.65. The predicted molar refractivity (Wildman–Crippen MR) is 115 cm³/mol. The summed E-state index contributed by atoms with van der Waals surface area (Å²) in [5.74, 6) is 0.538. The lowest BCUT2D eigenvalue weighted by Crippen LogP contribution is -2.42. The van der Waals surface area contributed by atoms with Gasteiger partial charge in [-0.15, -0.1) is 0 Å². The normalized spacial score (nSPS) is 11.2. The van der Waals surface area contributed by atoms with E-state index in [0.29, 0.717) is 11.4 Å². The second-order valence-corrected chi connectivity index (χ2v) is 7.54. The minimum atomic E-state index is 0.00635. The molecule has 0 aliphatic rings. The van der Waals surface area contributed by atoms with Crippen molar-refractivity contribution in [3.8, 4) is 16.8 Å². The Bertz CT molecular complexity index is 966. The van der Waals surface area contributed by atoms with E-state index in [4.69, 9.17) is 5.73 Å². The Kier molecular flexibility index (Phi) is 5.54. The van der Waals surface area contributed by atoms with Gasteiger partial charge in [0, 0.05) is 23.2 Å². The standard InChI is InChI=1S/C23H28N4O/c1-15(2)26(16(3)4)23(28)20-14-10-9-13-19(20)21-17(5)25-27(22(21)24)18-11-7-6-8-12-18/h6-16H,24H2,1-5H3. The lowest BCUT2D eigenvalue weighted by Gasteiger charge is -2.31. The van der Waals surface area contributed by atoms with Crippen LogP contribution in [0.1, 0.15) is 43.7 Å². The van der Waals surface area contributed by atoms with E-state index in [0.717, 1.165) is 22.5 Å². The van der Waals surface area contributed by atoms with E-state index in [1.807, 2.05) is 94.1 Å². The van der Waals surface area contributed by atoms with E-state index >= 15 is 0 Å². The molecule has 3 aromatic rings. The number of nitrogen functional groups attached to an aromatic ring is 1. The molecule has 2 N–H and O–H groups in total. The maximum atomic E-state index is 13.4. The molecule has 0 saturated carbocycles. The van der Waals surface area contributed by atoms with Crippen LogP contribution < -0.4 is 5.73 Å². The van der Waals surface area contributed by atoms with Crippen LogP contribution in [0.4, 0.5) is 5.82 Å². The topological polar surface area (TPSA) is 64.2 Å². The van der Waals surface area contributed by atoms with Crippen molar-refractivity contribution < 1.29 is 4.79 Å². The van der Waals surface area contributed by atoms with Gasteiger partial charge in [-0.2, -0.15) is 5.10 Å². The Morgan fingerprint density at radius 3 is 2.14 bits per heavy atom. The average molecular weight is 377 g/mol. The van der Waals surface area contributed by atoms with Gasteiger partial charge in [-0.3, -0.25) is 4.79 Å². The number of hydrogen-bond acceptors (Lipinski definition) is 3. The second-order valence-electron chi connectivity index (χ2n) is 7.54. The van der Waals surface area contributed by atoms with Gasteiger partial charge in [0.25, 0.3) is 5.91 Å². The molecule has 0 saturated heterocycles. The smallest absolute Gasteiger partial charge is 0.254 e. The molecule has 146 valence electrons. The Hall–Kier alpha value is -3.08. The highest BCUT2D eigenvalue weighted by atomic mass is 16.2. The number of nitrogens with two attached hydrogens (primary N) is 1. The number of para-hydroxylation sites is 1. The molecule has 0 unspecified atom stereocenters. The summed E-state index contributed by atoms with van der Waals surface area (Å²) in [6.07, 6.45) is 0. The van der Waals surface area contributed by atoms with Gasteiger partial charge in [-0.25, -0.2) is 4.68 Å². The number of carbonyl (C=O) groups is 1. The SMILES string of the molecule is Cc1nn(-c2ccccc2)c(N)c1-c1ccccc1C(=O)N(C(C)C)C(C)C. The lowest BCUT2D eigenvalue weighted by atomic mass is 9.97. The summed E-state index contributed by atoms with van der Waals surface area (Å²) >= 11 is 0. The van der Waals surface area contributed by atoms with Crippen molar-refractivity contribution in [3.63, 3.8) is 0 Å². The van der Waals surface area contributed by atoms with Crippen LogP contribution in [0.25, 0.3) is 16.8 Å². The number of hydrogen-bond donors (Lipinski definition) is 1. The van der Waals surface area contributed by atoms with Crippen molar-refractivity contribution in [2.75, 3.05) is 5.73 Å². The van der Waals surface area contributed by atoms with Crippen LogP contribution >= 0.6 is 0 Å². The summed E-state index contributed by atoms with van der Waals surface area (Å²) in [7, 11) is 0. The number of amides is 1. The molecule has 0 aliphatic heterocycles. The molecule has 1 aromatic heterocycles. The Morgan fingerprint density at radius 2 is 1.54 bits per heavy atom. The fourth-order valence-electron chi connectivity index (χ4n) is 3.74. The number of rotatable bonds is 5. The van der Waals surface area contributed by atoms with E-state index in [9.17, 15) is 4.79 Å². The Balaban J connectivity index is 2.15. The van der Waals surface area contributed by atoms with E-state index in [-0.39, 0.29) is 18.0 Å². The van der Waals surface area contributed by atoms with Gasteiger partial charge in [-0.1, -0.05) is 36.4 Å². The fourth-order valence-corrected chi connectivity index (χ4v) is 3.74. The molecule has 28 heavy (non-hydrogen) atoms. The van der Waals surface area contributed by atoms with E-state index < -0.39 is 0 Å². The van der Waals surface area contributed by atoms with Crippen molar-refractivity contribution in [1.29, 1.82) is 0 Å². The number of carbonyl (C=O) groups excluding carboxylic acids is 1. The van der Waals surface area contributed by atoms with Crippen molar-refractivity contribution in [3.05, 3.63) is 65.9 Å². The Morgan fingerprint density at radius 1 is 0.964 bits per heavy atom. The zero-order valence-electron chi connectivity index (χ0n) is 17.2. The first-order chi connectivity index (χ1) is 13.3. The van der Waals surface area contributed by atoms with Crippen molar-refractivity contribution in [2.45, 2.75) is 46.7 Å². The summed E-state index contributed by atoms with van der Waals surface area (Å²) in [5, 5.41) is 4.64. The molecule has 0 atom stereocenters. The summed E-state index contributed by atoms with van der Waals surface area (Å²) in [6, 6.07) is 17.6. The van der Waals surface area contributed by atoms with Crippen LogP contribution in [-0.2, 0) is 0 Å². The minimum absolute atomic E-state index is 0.00635. The van der Waals surface area contributed by atoms with Crippen molar-refractivity contribution in [2.24, 2.45) is 0 Å². The van der Waals surface area contributed by atoms with E-state index in [1.54, 1.807) is 4.68 Å². The number of aryl methyl sites for hydroxylation is 1. The molecule has 0 aliphatic carbocycles. The van der Waals surface area contributed by atoms with Gasteiger partial charge in [0.2, 0.25) is 0 Å². The molecule has 1 amide bonds. The maximum Gasteiger partial charge on any atom is 0.254 e. The quantitative estimate of drug-likeness (QED) is 0.703. The average Bonchev–Trinajstić information content (AvgIpc) is 2.96. The summed E-state index contributed by atoms with van der Waals surface area (Å²) in [5.41, 5.74) is 10.5. The van der Waals surface area contributed by atoms with E-state index in [1.165, 1.54) is 0 Å². The van der Waals surface area contributed by atoms with Gasteiger partial charge < -0.3 is 10.6 Å². The highest BCUT2D eigenvalue weighted by molar-refractivity contribution is 6.02. The highest BCUT2D eigenvalue weighted by Gasteiger charge is 2.26. The largest absolute Gasteiger partial charge is 0.383 e. The van der Waals surface area contributed by atoms with Crippen LogP contribution in [0.3, 0.4) is 0 Å². The first kappa shape index (κ1) is 19.7. The van der Waals surface area contributed by atoms with Gasteiger partial charge in [0.05, 0.1) is 11.4 Å². The minimum Gasteiger partial charge on any atom is -0.383 e. The van der Waals surface area contributed by atoms with Gasteiger partial charge in [0.15, 0.2) is 0 Å². The molecule has 2 aromatic carbocycles. The molecule has 0 radical (unpaired) electrons. The van der Waals surface area contributed by atoms with Crippen LogP contribution in [0.15, 0.2) is 54.6 Å². The number of nitrogens with zero attached hydrogens (tertiary/aromatic N) is 3. The van der Waals surface area contributed by atoms with Crippen LogP contribution in [0.5, 0.6) is 0 Å². The number of aromatic nitrogens is 2. The molecule has 1 heterocycles.